The number of aromatic nitrogens is 2. The fourth-order valence-electron chi connectivity index (χ4n) is 2.75. The molecule has 1 aromatic carbocycles. The van der Waals surface area contributed by atoms with E-state index in [0.717, 1.165) is 18.6 Å². The maximum Gasteiger partial charge on any atom is 0.416 e. The average Bonchev–Trinajstić information content (AvgIpc) is 2.61. The predicted octanol–water partition coefficient (Wildman–Crippen LogP) is 3.18. The van der Waals surface area contributed by atoms with Gasteiger partial charge in [-0.3, -0.25) is 4.79 Å². The molecule has 0 radical (unpaired) electrons. The van der Waals surface area contributed by atoms with Gasteiger partial charge in [-0.25, -0.2) is 9.97 Å². The van der Waals surface area contributed by atoms with Gasteiger partial charge in [0.15, 0.2) is 0 Å². The molecule has 132 valence electrons. The van der Waals surface area contributed by atoms with E-state index in [-0.39, 0.29) is 11.7 Å². The topological polar surface area (TPSA) is 55.3 Å². The van der Waals surface area contributed by atoms with Crippen LogP contribution >= 0.6 is 0 Å². The minimum atomic E-state index is -4.48. The van der Waals surface area contributed by atoms with Gasteiger partial charge in [0.25, 0.3) is 5.91 Å². The number of amides is 1. The van der Waals surface area contributed by atoms with Crippen LogP contribution < -0.4 is 4.74 Å². The van der Waals surface area contributed by atoms with Crippen molar-refractivity contribution in [3.63, 3.8) is 0 Å². The maximum absolute atomic E-state index is 12.8. The van der Waals surface area contributed by atoms with E-state index in [1.165, 1.54) is 23.4 Å². The van der Waals surface area contributed by atoms with Crippen LogP contribution in [0.5, 0.6) is 5.88 Å². The van der Waals surface area contributed by atoms with Crippen molar-refractivity contribution in [2.24, 2.45) is 0 Å². The lowest BCUT2D eigenvalue weighted by Gasteiger charge is -2.32. The summed E-state index contributed by atoms with van der Waals surface area (Å²) < 4.78 is 44.2. The van der Waals surface area contributed by atoms with Gasteiger partial charge in [0.1, 0.15) is 12.4 Å². The van der Waals surface area contributed by atoms with Gasteiger partial charge >= 0.3 is 6.18 Å². The Labute approximate surface area is 142 Å². The van der Waals surface area contributed by atoms with Gasteiger partial charge in [-0.2, -0.15) is 13.2 Å². The smallest absolute Gasteiger partial charge is 0.416 e. The molecule has 0 bridgehead atoms. The summed E-state index contributed by atoms with van der Waals surface area (Å²) in [6.07, 6.45) is -0.355. The summed E-state index contributed by atoms with van der Waals surface area (Å²) in [6.45, 7) is 0.789. The summed E-state index contributed by atoms with van der Waals surface area (Å²) in [6, 6.07) is 6.10. The third kappa shape index (κ3) is 4.26. The van der Waals surface area contributed by atoms with Crippen molar-refractivity contribution in [2.75, 3.05) is 13.1 Å². The molecule has 1 fully saturated rings. The van der Waals surface area contributed by atoms with Crippen LogP contribution in [-0.2, 0) is 6.18 Å². The first-order chi connectivity index (χ1) is 11.9. The molecule has 1 aliphatic rings. The van der Waals surface area contributed by atoms with E-state index in [4.69, 9.17) is 4.74 Å². The Morgan fingerprint density at radius 1 is 1.28 bits per heavy atom. The van der Waals surface area contributed by atoms with Crippen LogP contribution in [0.2, 0.25) is 0 Å². The van der Waals surface area contributed by atoms with Crippen molar-refractivity contribution in [2.45, 2.75) is 25.1 Å². The standard InChI is InChI=1S/C17H16F3N3O2/c18-17(19,20)13-4-1-3-12(9-13)16(24)23-8-2-5-14(10-23)25-15-6-7-21-11-22-15/h1,3-4,6-7,9,11,14H,2,5,8,10H2/t14-/m0/s1. The lowest BCUT2D eigenvalue weighted by Crippen LogP contribution is -2.44. The first kappa shape index (κ1) is 17.2. The van der Waals surface area contributed by atoms with Crippen LogP contribution in [0.3, 0.4) is 0 Å². The number of piperidine rings is 1. The molecule has 0 unspecified atom stereocenters. The van der Waals surface area contributed by atoms with Crippen LogP contribution in [0.4, 0.5) is 13.2 Å². The van der Waals surface area contributed by atoms with Crippen LogP contribution in [0.1, 0.15) is 28.8 Å². The molecule has 1 atom stereocenters. The van der Waals surface area contributed by atoms with Crippen LogP contribution in [0.15, 0.2) is 42.9 Å². The van der Waals surface area contributed by atoms with E-state index in [1.54, 1.807) is 12.3 Å². The number of nitrogens with zero attached hydrogens (tertiary/aromatic N) is 3. The molecule has 3 rings (SSSR count). The number of hydrogen-bond donors (Lipinski definition) is 0. The second-order valence-electron chi connectivity index (χ2n) is 5.76. The lowest BCUT2D eigenvalue weighted by atomic mass is 10.1. The van der Waals surface area contributed by atoms with Gasteiger partial charge in [-0.05, 0) is 31.0 Å². The van der Waals surface area contributed by atoms with E-state index < -0.39 is 17.6 Å². The molecular weight excluding hydrogens is 335 g/mol. The SMILES string of the molecule is O=C(c1cccc(C(F)(F)F)c1)N1CCC[C@H](Oc2ccncn2)C1. The fourth-order valence-corrected chi connectivity index (χ4v) is 2.75. The summed E-state index contributed by atoms with van der Waals surface area (Å²) >= 11 is 0. The van der Waals surface area contributed by atoms with Gasteiger partial charge in [0.2, 0.25) is 5.88 Å². The molecule has 1 amide bonds. The van der Waals surface area contributed by atoms with Gasteiger partial charge in [0.05, 0.1) is 12.1 Å². The number of benzene rings is 1. The second-order valence-corrected chi connectivity index (χ2v) is 5.76. The summed E-state index contributed by atoms with van der Waals surface area (Å²) in [4.78, 5) is 21.9. The normalized spacial score (nSPS) is 18.0. The van der Waals surface area contributed by atoms with E-state index in [0.29, 0.717) is 25.4 Å². The van der Waals surface area contributed by atoms with Crippen LogP contribution in [0, 0.1) is 0 Å². The lowest BCUT2D eigenvalue weighted by molar-refractivity contribution is -0.137. The molecule has 1 aliphatic heterocycles. The zero-order valence-electron chi connectivity index (χ0n) is 13.2. The minimum Gasteiger partial charge on any atom is -0.472 e. The number of carbonyl (C=O) groups excluding carboxylic acids is 1. The molecule has 2 heterocycles. The molecule has 1 saturated heterocycles. The number of likely N-dealkylation sites (tertiary alicyclic amines) is 1. The van der Waals surface area contributed by atoms with Crippen molar-refractivity contribution in [1.29, 1.82) is 0 Å². The second kappa shape index (κ2) is 7.08. The molecule has 0 N–H and O–H groups in total. The zero-order valence-corrected chi connectivity index (χ0v) is 13.2. The highest BCUT2D eigenvalue weighted by Gasteiger charge is 2.32. The average molecular weight is 351 g/mol. The highest BCUT2D eigenvalue weighted by atomic mass is 19.4. The van der Waals surface area contributed by atoms with Crippen molar-refractivity contribution in [1.82, 2.24) is 14.9 Å². The molecule has 2 aromatic rings. The largest absolute Gasteiger partial charge is 0.472 e. The van der Waals surface area contributed by atoms with E-state index in [1.807, 2.05) is 0 Å². The predicted molar refractivity (Wildman–Crippen MR) is 83.0 cm³/mol. The number of alkyl halides is 3. The van der Waals surface area contributed by atoms with Crippen molar-refractivity contribution < 1.29 is 22.7 Å². The van der Waals surface area contributed by atoms with Gasteiger partial charge < -0.3 is 9.64 Å². The summed E-state index contributed by atoms with van der Waals surface area (Å²) in [5.41, 5.74) is -0.804. The third-order valence-corrected chi connectivity index (χ3v) is 3.94. The molecule has 0 spiro atoms. The number of rotatable bonds is 3. The molecular formula is C17H16F3N3O2. The molecule has 8 heteroatoms. The van der Waals surface area contributed by atoms with Gasteiger partial charge in [-0.1, -0.05) is 6.07 Å². The van der Waals surface area contributed by atoms with Crippen LogP contribution in [-0.4, -0.2) is 40.0 Å². The number of hydrogen-bond acceptors (Lipinski definition) is 4. The van der Waals surface area contributed by atoms with Crippen molar-refractivity contribution in [3.05, 3.63) is 54.0 Å². The summed E-state index contributed by atoms with van der Waals surface area (Å²) in [7, 11) is 0. The Balaban J connectivity index is 1.70. The van der Waals surface area contributed by atoms with E-state index in [2.05, 4.69) is 9.97 Å². The maximum atomic E-state index is 12.8. The number of halogens is 3. The Morgan fingerprint density at radius 2 is 2.12 bits per heavy atom. The van der Waals surface area contributed by atoms with E-state index in [9.17, 15) is 18.0 Å². The Morgan fingerprint density at radius 3 is 2.84 bits per heavy atom. The first-order valence-electron chi connectivity index (χ1n) is 7.83. The monoisotopic (exact) mass is 351 g/mol. The fraction of sp³-hybridized carbons (Fsp3) is 0.353. The third-order valence-electron chi connectivity index (χ3n) is 3.94. The highest BCUT2D eigenvalue weighted by Crippen LogP contribution is 2.30. The van der Waals surface area contributed by atoms with Crippen LogP contribution in [0.25, 0.3) is 0 Å². The number of ether oxygens (including phenoxy) is 1. The summed E-state index contributed by atoms with van der Waals surface area (Å²) in [5.74, 6) is -0.0181. The first-order valence-corrected chi connectivity index (χ1v) is 7.83. The Hall–Kier alpha value is -2.64. The van der Waals surface area contributed by atoms with Gasteiger partial charge in [0, 0.05) is 24.4 Å². The molecule has 0 aliphatic carbocycles. The zero-order chi connectivity index (χ0) is 17.9. The number of carbonyl (C=O) groups is 1. The highest BCUT2D eigenvalue weighted by molar-refractivity contribution is 5.94. The minimum absolute atomic E-state index is 0.0255. The van der Waals surface area contributed by atoms with Crippen molar-refractivity contribution >= 4 is 5.91 Å². The Bertz CT molecular complexity index is 737. The Kier molecular flexibility index (Phi) is 4.87. The molecule has 0 saturated carbocycles. The quantitative estimate of drug-likeness (QED) is 0.852. The molecule has 25 heavy (non-hydrogen) atoms. The van der Waals surface area contributed by atoms with E-state index >= 15 is 0 Å². The van der Waals surface area contributed by atoms with Gasteiger partial charge in [-0.15, -0.1) is 0 Å². The van der Waals surface area contributed by atoms with Crippen molar-refractivity contribution in [3.8, 4) is 5.88 Å². The molecule has 1 aromatic heterocycles. The summed E-state index contributed by atoms with van der Waals surface area (Å²) in [5, 5.41) is 0. The molecule has 5 nitrogen and oxygen atoms in total.